The van der Waals surface area contributed by atoms with E-state index < -0.39 is 11.4 Å². The molecule has 3 unspecified atom stereocenters. The minimum absolute atomic E-state index is 0.467. The Kier molecular flexibility index (Phi) is 4.54. The molecule has 0 bridgehead atoms. The number of carboxylic acids is 1. The Balaban J connectivity index is 1.98. The Morgan fingerprint density at radius 2 is 2.16 bits per heavy atom. The molecule has 110 valence electrons. The summed E-state index contributed by atoms with van der Waals surface area (Å²) >= 11 is 0. The van der Waals surface area contributed by atoms with Crippen molar-refractivity contribution >= 4 is 5.97 Å². The van der Waals surface area contributed by atoms with Crippen molar-refractivity contribution in [1.82, 2.24) is 4.90 Å². The summed E-state index contributed by atoms with van der Waals surface area (Å²) < 4.78 is 0. The van der Waals surface area contributed by atoms with Gasteiger partial charge in [-0.15, -0.1) is 0 Å². The number of likely N-dealkylation sites (tertiary alicyclic amines) is 1. The number of nitrogens with zero attached hydrogens (tertiary/aromatic N) is 1. The fraction of sp³-hybridized carbons (Fsp3) is 0.938. The molecule has 2 aliphatic rings. The van der Waals surface area contributed by atoms with Gasteiger partial charge in [0.15, 0.2) is 0 Å². The minimum atomic E-state index is -0.589. The van der Waals surface area contributed by atoms with E-state index in [4.69, 9.17) is 0 Å². The molecule has 2 fully saturated rings. The highest BCUT2D eigenvalue weighted by atomic mass is 16.4. The first-order chi connectivity index (χ1) is 8.98. The van der Waals surface area contributed by atoms with Crippen LogP contribution in [0.2, 0.25) is 0 Å². The van der Waals surface area contributed by atoms with Crippen molar-refractivity contribution in [2.75, 3.05) is 13.1 Å². The molecule has 1 aliphatic carbocycles. The molecular formula is C16H29NO2. The Bertz CT molecular complexity index is 329. The van der Waals surface area contributed by atoms with Crippen LogP contribution in [-0.2, 0) is 4.79 Å². The van der Waals surface area contributed by atoms with Gasteiger partial charge >= 0.3 is 5.97 Å². The lowest BCUT2D eigenvalue weighted by molar-refractivity contribution is -0.148. The van der Waals surface area contributed by atoms with Crippen LogP contribution >= 0.6 is 0 Å². The molecule has 2 rings (SSSR count). The average Bonchev–Trinajstić information content (AvgIpc) is 2.84. The van der Waals surface area contributed by atoms with E-state index in [-0.39, 0.29) is 0 Å². The number of hydrogen-bond acceptors (Lipinski definition) is 2. The van der Waals surface area contributed by atoms with Crippen LogP contribution in [0.25, 0.3) is 0 Å². The molecule has 1 saturated carbocycles. The summed E-state index contributed by atoms with van der Waals surface area (Å²) in [7, 11) is 0. The first-order valence-corrected chi connectivity index (χ1v) is 7.96. The van der Waals surface area contributed by atoms with Crippen molar-refractivity contribution in [3.63, 3.8) is 0 Å². The van der Waals surface area contributed by atoms with Gasteiger partial charge in [-0.1, -0.05) is 33.6 Å². The average molecular weight is 267 g/mol. The van der Waals surface area contributed by atoms with Gasteiger partial charge in [0.2, 0.25) is 0 Å². The molecule has 1 aliphatic heterocycles. The molecule has 1 N–H and O–H groups in total. The van der Waals surface area contributed by atoms with Gasteiger partial charge in [-0.3, -0.25) is 9.69 Å². The smallest absolute Gasteiger partial charge is 0.310 e. The van der Waals surface area contributed by atoms with Crippen molar-refractivity contribution < 1.29 is 9.90 Å². The molecule has 0 aromatic rings. The van der Waals surface area contributed by atoms with E-state index in [1.165, 1.54) is 25.7 Å². The van der Waals surface area contributed by atoms with E-state index in [1.54, 1.807) is 0 Å². The molecule has 19 heavy (non-hydrogen) atoms. The Hall–Kier alpha value is -0.570. The normalized spacial score (nSPS) is 36.8. The van der Waals surface area contributed by atoms with E-state index in [9.17, 15) is 9.90 Å². The number of hydrogen-bond donors (Lipinski definition) is 1. The Labute approximate surface area is 117 Å². The summed E-state index contributed by atoms with van der Waals surface area (Å²) in [5.74, 6) is 1.01. The van der Waals surface area contributed by atoms with Gasteiger partial charge < -0.3 is 5.11 Å². The lowest BCUT2D eigenvalue weighted by atomic mass is 9.78. The number of carboxylic acid groups (broad SMARTS) is 1. The van der Waals surface area contributed by atoms with Crippen LogP contribution in [0.4, 0.5) is 0 Å². The summed E-state index contributed by atoms with van der Waals surface area (Å²) in [6, 6.07) is 0.633. The second-order valence-electron chi connectivity index (χ2n) is 6.98. The van der Waals surface area contributed by atoms with Gasteiger partial charge in [-0.2, -0.15) is 0 Å². The number of rotatable bonds is 4. The van der Waals surface area contributed by atoms with Crippen LogP contribution in [-0.4, -0.2) is 35.1 Å². The molecule has 0 spiro atoms. The van der Waals surface area contributed by atoms with Crippen molar-refractivity contribution in [2.45, 2.75) is 65.3 Å². The van der Waals surface area contributed by atoms with Gasteiger partial charge in [-0.05, 0) is 44.1 Å². The van der Waals surface area contributed by atoms with Gasteiger partial charge in [-0.25, -0.2) is 0 Å². The second kappa shape index (κ2) is 5.82. The van der Waals surface area contributed by atoms with Crippen molar-refractivity contribution in [2.24, 2.45) is 17.3 Å². The first-order valence-electron chi connectivity index (χ1n) is 7.96. The highest BCUT2D eigenvalue weighted by Crippen LogP contribution is 2.39. The summed E-state index contributed by atoms with van der Waals surface area (Å²) in [4.78, 5) is 14.0. The summed E-state index contributed by atoms with van der Waals surface area (Å²) in [6.07, 6.45) is 6.82. The third kappa shape index (κ3) is 2.96. The minimum Gasteiger partial charge on any atom is -0.481 e. The quantitative estimate of drug-likeness (QED) is 0.849. The monoisotopic (exact) mass is 267 g/mol. The molecule has 0 amide bonds. The van der Waals surface area contributed by atoms with Crippen molar-refractivity contribution in [3.8, 4) is 0 Å². The molecule has 1 saturated heterocycles. The highest BCUT2D eigenvalue weighted by Gasteiger charge is 2.45. The largest absolute Gasteiger partial charge is 0.481 e. The molecule has 3 nitrogen and oxygen atoms in total. The van der Waals surface area contributed by atoms with E-state index in [1.807, 2.05) is 6.92 Å². The second-order valence-corrected chi connectivity index (χ2v) is 6.98. The lowest BCUT2D eigenvalue weighted by Crippen LogP contribution is -2.41. The van der Waals surface area contributed by atoms with Crippen LogP contribution in [0, 0.1) is 17.3 Å². The number of aliphatic carboxylic acids is 1. The molecule has 3 heteroatoms. The Morgan fingerprint density at radius 1 is 1.42 bits per heavy atom. The third-order valence-electron chi connectivity index (χ3n) is 5.66. The zero-order valence-corrected chi connectivity index (χ0v) is 12.7. The van der Waals surface area contributed by atoms with Gasteiger partial charge in [0.1, 0.15) is 0 Å². The van der Waals surface area contributed by atoms with Gasteiger partial charge in [0.05, 0.1) is 5.41 Å². The van der Waals surface area contributed by atoms with Crippen molar-refractivity contribution in [1.29, 1.82) is 0 Å². The molecule has 0 radical (unpaired) electrons. The molecule has 1 heterocycles. The summed E-state index contributed by atoms with van der Waals surface area (Å²) in [5, 5.41) is 9.49. The molecule has 0 aromatic carbocycles. The van der Waals surface area contributed by atoms with E-state index in [2.05, 4.69) is 18.7 Å². The maximum absolute atomic E-state index is 11.5. The third-order valence-corrected chi connectivity index (χ3v) is 5.66. The SMILES string of the molecule is CCC1(C(=O)O)CCN(C2CCCC(C(C)C)C2)C1. The topological polar surface area (TPSA) is 40.5 Å². The molecule has 0 aromatic heterocycles. The van der Waals surface area contributed by atoms with E-state index >= 15 is 0 Å². The first kappa shape index (κ1) is 14.8. The molecular weight excluding hydrogens is 238 g/mol. The van der Waals surface area contributed by atoms with E-state index in [0.717, 1.165) is 37.8 Å². The van der Waals surface area contributed by atoms with Crippen molar-refractivity contribution in [3.05, 3.63) is 0 Å². The van der Waals surface area contributed by atoms with E-state index in [0.29, 0.717) is 6.04 Å². The fourth-order valence-corrected chi connectivity index (χ4v) is 3.97. The highest BCUT2D eigenvalue weighted by molar-refractivity contribution is 5.75. The number of carbonyl (C=O) groups is 1. The maximum Gasteiger partial charge on any atom is 0.310 e. The maximum atomic E-state index is 11.5. The predicted octanol–water partition coefficient (Wildman–Crippen LogP) is 3.39. The van der Waals surface area contributed by atoms with Crippen LogP contribution in [0.1, 0.15) is 59.3 Å². The zero-order chi connectivity index (χ0) is 14.0. The zero-order valence-electron chi connectivity index (χ0n) is 12.7. The van der Waals surface area contributed by atoms with Crippen LogP contribution in [0.5, 0.6) is 0 Å². The summed E-state index contributed by atoms with van der Waals surface area (Å²) in [6.45, 7) is 8.43. The van der Waals surface area contributed by atoms with Crippen LogP contribution in [0.3, 0.4) is 0 Å². The lowest BCUT2D eigenvalue weighted by Gasteiger charge is -2.37. The van der Waals surface area contributed by atoms with Crippen LogP contribution in [0.15, 0.2) is 0 Å². The summed E-state index contributed by atoms with van der Waals surface area (Å²) in [5.41, 5.74) is -0.467. The van der Waals surface area contributed by atoms with Gasteiger partial charge in [0, 0.05) is 12.6 Å². The van der Waals surface area contributed by atoms with Crippen LogP contribution < -0.4 is 0 Å². The predicted molar refractivity (Wildman–Crippen MR) is 77.1 cm³/mol. The standard InChI is InChI=1S/C16H29NO2/c1-4-16(15(18)19)8-9-17(11-16)14-7-5-6-13(10-14)12(2)3/h12-14H,4-11H2,1-3H3,(H,18,19). The molecule has 3 atom stereocenters. The Morgan fingerprint density at radius 3 is 2.68 bits per heavy atom. The fourth-order valence-electron chi connectivity index (χ4n) is 3.97. The van der Waals surface area contributed by atoms with Gasteiger partial charge in [0.25, 0.3) is 0 Å².